The van der Waals surface area contributed by atoms with Crippen LogP contribution >= 0.6 is 0 Å². The number of methoxy groups -OCH3 is 2. The molecule has 2 aliphatic heterocycles. The average Bonchev–Trinajstić information content (AvgIpc) is 3.99. The third-order valence-corrected chi connectivity index (χ3v) is 14.5. The van der Waals surface area contributed by atoms with Crippen molar-refractivity contribution in [2.45, 2.75) is 142 Å². The number of carboxylic acids is 1. The highest BCUT2D eigenvalue weighted by atomic mass is 16.7. The van der Waals surface area contributed by atoms with Gasteiger partial charge < -0.3 is 29.8 Å². The van der Waals surface area contributed by atoms with E-state index in [1.807, 2.05) is 75.0 Å². The molecule has 17 heteroatoms. The second-order valence-electron chi connectivity index (χ2n) is 20.1. The van der Waals surface area contributed by atoms with E-state index in [1.165, 1.54) is 17.2 Å². The number of hydrogen-bond donors (Lipinski definition) is 4. The van der Waals surface area contributed by atoms with Crippen LogP contribution in [0, 0.1) is 23.7 Å². The number of para-hydroxylation sites is 1. The molecule has 0 bridgehead atoms. The molecule has 2 saturated heterocycles. The molecule has 2 aromatic carbocycles. The number of aromatic carboxylic acids is 1. The first-order valence-electron chi connectivity index (χ1n) is 25.1. The quantitative estimate of drug-likeness (QED) is 0.0859. The summed E-state index contributed by atoms with van der Waals surface area (Å²) in [5.41, 5.74) is 2.81. The fourth-order valence-electron chi connectivity index (χ4n) is 10.7. The number of imide groups is 1. The molecule has 9 atom stereocenters. The number of nitrogens with one attached hydrogen (secondary N) is 3. The number of nitrogens with zero attached hydrogens (tertiary/aromatic N) is 4. The van der Waals surface area contributed by atoms with Gasteiger partial charge in [-0.05, 0) is 86.9 Å². The fourth-order valence-corrected chi connectivity index (χ4v) is 10.7. The first-order chi connectivity index (χ1) is 33.3. The van der Waals surface area contributed by atoms with Crippen LogP contribution in [0.2, 0.25) is 0 Å². The molecule has 386 valence electrons. The molecular weight excluding hydrogens is 895 g/mol. The summed E-state index contributed by atoms with van der Waals surface area (Å²) >= 11 is 0. The van der Waals surface area contributed by atoms with E-state index in [1.54, 1.807) is 45.2 Å². The first kappa shape index (κ1) is 55.7. The van der Waals surface area contributed by atoms with Gasteiger partial charge in [-0.3, -0.25) is 43.9 Å². The number of hydroxylamine groups is 2. The Kier molecular flexibility index (Phi) is 20.5. The molecule has 2 aliphatic rings. The number of aromatic nitrogens is 1. The number of benzene rings is 2. The van der Waals surface area contributed by atoms with Gasteiger partial charge in [-0.25, -0.2) is 9.86 Å². The minimum absolute atomic E-state index is 0.000578. The monoisotopic (exact) mass is 974 g/mol. The number of fused-ring (bicyclic) bond motifs is 1. The molecule has 17 nitrogen and oxygen atoms in total. The highest BCUT2D eigenvalue weighted by molar-refractivity contribution is 6.00. The van der Waals surface area contributed by atoms with Crippen LogP contribution in [-0.4, -0.2) is 156 Å². The van der Waals surface area contributed by atoms with Gasteiger partial charge in [-0.1, -0.05) is 85.2 Å². The van der Waals surface area contributed by atoms with E-state index >= 15 is 0 Å². The number of likely N-dealkylation sites (N-methyl/N-ethyl adjacent to an activating group) is 2. The number of ether oxygens (including phenoxy) is 2. The summed E-state index contributed by atoms with van der Waals surface area (Å²) in [7, 11) is 6.77. The molecule has 5 rings (SSSR count). The van der Waals surface area contributed by atoms with Crippen molar-refractivity contribution >= 4 is 46.4 Å². The molecular formula is C53H79N7O10. The molecule has 2 fully saturated rings. The van der Waals surface area contributed by atoms with Crippen molar-refractivity contribution in [2.24, 2.45) is 23.7 Å². The van der Waals surface area contributed by atoms with E-state index in [0.717, 1.165) is 41.3 Å². The Hall–Kier alpha value is -5.20. The van der Waals surface area contributed by atoms with Crippen molar-refractivity contribution in [3.63, 3.8) is 0 Å². The molecule has 70 heavy (non-hydrogen) atoms. The summed E-state index contributed by atoms with van der Waals surface area (Å²) in [6.45, 7) is 15.3. The van der Waals surface area contributed by atoms with E-state index in [2.05, 4.69) is 29.5 Å². The van der Waals surface area contributed by atoms with Gasteiger partial charge in [0.25, 0.3) is 5.91 Å². The van der Waals surface area contributed by atoms with Crippen LogP contribution in [0.15, 0.2) is 54.7 Å². The van der Waals surface area contributed by atoms with Crippen LogP contribution in [0.1, 0.15) is 108 Å². The van der Waals surface area contributed by atoms with Crippen LogP contribution in [0.3, 0.4) is 0 Å². The molecule has 3 heterocycles. The zero-order valence-corrected chi connectivity index (χ0v) is 43.2. The smallest absolute Gasteiger partial charge is 0.335 e. The van der Waals surface area contributed by atoms with E-state index < -0.39 is 66.1 Å². The summed E-state index contributed by atoms with van der Waals surface area (Å²) in [6, 6.07) is 11.1. The molecule has 3 aromatic rings. The minimum atomic E-state index is -1.02. The Morgan fingerprint density at radius 1 is 0.857 bits per heavy atom. The third kappa shape index (κ3) is 13.6. The SMILES string of the molecule is CC[C@H](C)[C@@H]([C@@H](CC(=O)N1CCC[C@H]1[C@H](OC)[C@@H](C)C(=O)N[C@@H](Cc1c[nH]c2ccccc12)C(=O)N1CCCCO1)OC)N(C)[C@H](C(=O)NC(=O)[C@H](C(C)C)N(C)Cc1ccc(C(=O)O)cc1)C(C)C. The zero-order chi connectivity index (χ0) is 51.4. The lowest BCUT2D eigenvalue weighted by Gasteiger charge is -2.43. The number of amides is 5. The van der Waals surface area contributed by atoms with E-state index in [4.69, 9.17) is 14.3 Å². The van der Waals surface area contributed by atoms with Crippen molar-refractivity contribution in [3.05, 3.63) is 71.4 Å². The maximum atomic E-state index is 14.6. The van der Waals surface area contributed by atoms with Gasteiger partial charge in [0.1, 0.15) is 6.04 Å². The number of carbonyl (C=O) groups is 6. The number of carbonyl (C=O) groups excluding carboxylic acids is 5. The summed E-state index contributed by atoms with van der Waals surface area (Å²) in [5, 5.41) is 17.4. The van der Waals surface area contributed by atoms with Crippen molar-refractivity contribution in [2.75, 3.05) is 48.0 Å². The summed E-state index contributed by atoms with van der Waals surface area (Å²) < 4.78 is 12.3. The topological polar surface area (TPSA) is 203 Å². The van der Waals surface area contributed by atoms with Gasteiger partial charge in [-0.15, -0.1) is 0 Å². The largest absolute Gasteiger partial charge is 0.478 e. The van der Waals surface area contributed by atoms with Crippen LogP contribution < -0.4 is 10.6 Å². The molecule has 0 aliphatic carbocycles. The minimum Gasteiger partial charge on any atom is -0.478 e. The molecule has 1 aromatic heterocycles. The number of hydrogen-bond acceptors (Lipinski definition) is 11. The summed E-state index contributed by atoms with van der Waals surface area (Å²) in [5.74, 6) is -3.94. The van der Waals surface area contributed by atoms with Gasteiger partial charge in [0.2, 0.25) is 23.6 Å². The molecule has 0 unspecified atom stereocenters. The van der Waals surface area contributed by atoms with Gasteiger partial charge in [0.15, 0.2) is 0 Å². The van der Waals surface area contributed by atoms with E-state index in [-0.39, 0.29) is 53.9 Å². The van der Waals surface area contributed by atoms with Crippen LogP contribution in [-0.2, 0) is 51.2 Å². The second kappa shape index (κ2) is 25.8. The maximum Gasteiger partial charge on any atom is 0.335 e. The Balaban J connectivity index is 1.29. The summed E-state index contributed by atoms with van der Waals surface area (Å²) in [4.78, 5) is 97.3. The normalized spacial score (nSPS) is 18.9. The standard InChI is InChI=1S/C53H79N7O10/c1-12-34(6)47(58(9)46(33(4)5)51(64)56-50(63)45(32(2)3)57(8)31-36-21-23-37(24-22-36)53(66)67)43(68-10)29-44(61)59-25-17-20-42(59)48(69-11)35(7)49(62)55-41(52(65)60-26-15-16-27-70-60)28-38-30-54-40-19-14-13-18-39(38)40/h13-14,18-19,21-24,30,32-35,41-43,45-48,54H,12,15-17,20,25-29,31H2,1-11H3,(H,55,62)(H,66,67)(H,56,63,64)/t34-,35+,41-,42-,43+,45-,46-,47-,48+/m0/s1. The van der Waals surface area contributed by atoms with Crippen LogP contribution in [0.4, 0.5) is 0 Å². The number of likely N-dealkylation sites (tertiary alicyclic amines) is 1. The predicted molar refractivity (Wildman–Crippen MR) is 267 cm³/mol. The number of aromatic amines is 1. The Morgan fingerprint density at radius 3 is 2.13 bits per heavy atom. The van der Waals surface area contributed by atoms with Gasteiger partial charge >= 0.3 is 5.97 Å². The van der Waals surface area contributed by atoms with Gasteiger partial charge in [0, 0.05) is 63.4 Å². The van der Waals surface area contributed by atoms with E-state index in [0.29, 0.717) is 39.1 Å². The average molecular weight is 974 g/mol. The third-order valence-electron chi connectivity index (χ3n) is 14.5. The predicted octanol–water partition coefficient (Wildman–Crippen LogP) is 5.67. The lowest BCUT2D eigenvalue weighted by Crippen LogP contribution is -2.60. The molecule has 0 radical (unpaired) electrons. The molecule has 0 spiro atoms. The van der Waals surface area contributed by atoms with Gasteiger partial charge in [-0.2, -0.15) is 0 Å². The van der Waals surface area contributed by atoms with Crippen LogP contribution in [0.25, 0.3) is 10.9 Å². The van der Waals surface area contributed by atoms with Crippen molar-refractivity contribution < 1.29 is 48.2 Å². The highest BCUT2D eigenvalue weighted by Crippen LogP contribution is 2.31. The van der Waals surface area contributed by atoms with Crippen LogP contribution in [0.5, 0.6) is 0 Å². The van der Waals surface area contributed by atoms with Crippen molar-refractivity contribution in [1.82, 2.24) is 35.4 Å². The van der Waals surface area contributed by atoms with Crippen molar-refractivity contribution in [3.8, 4) is 0 Å². The Labute approximate surface area is 414 Å². The highest BCUT2D eigenvalue weighted by Gasteiger charge is 2.44. The fraction of sp³-hybridized carbons (Fsp3) is 0.623. The number of H-pyrrole nitrogens is 1. The number of carboxylic acid groups (broad SMARTS) is 1. The second-order valence-corrected chi connectivity index (χ2v) is 20.1. The van der Waals surface area contributed by atoms with E-state index in [9.17, 15) is 33.9 Å². The lowest BCUT2D eigenvalue weighted by atomic mass is 9.87. The summed E-state index contributed by atoms with van der Waals surface area (Å²) in [6.07, 6.45) is 4.47. The zero-order valence-electron chi connectivity index (χ0n) is 43.2. The Bertz CT molecular complexity index is 2230. The van der Waals surface area contributed by atoms with Crippen molar-refractivity contribution in [1.29, 1.82) is 0 Å². The molecule has 4 N–H and O–H groups in total. The molecule has 0 saturated carbocycles. The Morgan fingerprint density at radius 2 is 1.53 bits per heavy atom. The lowest BCUT2D eigenvalue weighted by molar-refractivity contribution is -0.199. The molecule has 5 amide bonds. The maximum absolute atomic E-state index is 14.6. The first-order valence-corrected chi connectivity index (χ1v) is 25.1. The van der Waals surface area contributed by atoms with Gasteiger partial charge in [0.05, 0.1) is 54.8 Å². The number of rotatable bonds is 24.